The molecule has 0 amide bonds. The van der Waals surface area contributed by atoms with E-state index in [9.17, 15) is 13.2 Å². The molecule has 0 saturated heterocycles. The lowest BCUT2D eigenvalue weighted by Gasteiger charge is -2.16. The van der Waals surface area contributed by atoms with E-state index in [1.165, 1.54) is 35.6 Å². The van der Waals surface area contributed by atoms with Crippen molar-refractivity contribution in [3.63, 3.8) is 0 Å². The van der Waals surface area contributed by atoms with E-state index in [2.05, 4.69) is 28.5 Å². The number of aromatic nitrogens is 1. The molecule has 27 heavy (non-hydrogen) atoms. The number of hydrogen-bond acceptors (Lipinski definition) is 8. The third-order valence-corrected chi connectivity index (χ3v) is 6.49. The molecule has 2 heterocycles. The lowest BCUT2D eigenvalue weighted by atomic mass is 10.3. The molecule has 3 aromatic rings. The van der Waals surface area contributed by atoms with Crippen LogP contribution in [0.25, 0.3) is 9.53 Å². The normalized spacial score (nSPS) is 11.5. The molecule has 0 unspecified atom stereocenters. The van der Waals surface area contributed by atoms with E-state index in [1.807, 2.05) is 0 Å². The van der Waals surface area contributed by atoms with Crippen molar-refractivity contribution >= 4 is 59.0 Å². The highest BCUT2D eigenvalue weighted by molar-refractivity contribution is 7.92. The summed E-state index contributed by atoms with van der Waals surface area (Å²) in [7, 11) is -3.34. The van der Waals surface area contributed by atoms with Gasteiger partial charge in [-0.2, -0.15) is 0 Å². The third-order valence-electron chi connectivity index (χ3n) is 3.68. The van der Waals surface area contributed by atoms with Gasteiger partial charge < -0.3 is 9.64 Å². The number of thiazole rings is 1. The number of rotatable bonds is 7. The van der Waals surface area contributed by atoms with Crippen molar-refractivity contribution in [1.82, 2.24) is 4.98 Å². The Hall–Kier alpha value is -2.17. The van der Waals surface area contributed by atoms with Crippen molar-refractivity contribution in [1.29, 1.82) is 0 Å². The molecule has 1 aromatic carbocycles. The van der Waals surface area contributed by atoms with Crippen LogP contribution in [0.1, 0.15) is 23.5 Å². The predicted molar refractivity (Wildman–Crippen MR) is 111 cm³/mol. The molecule has 2 aromatic heterocycles. The molecule has 0 aliphatic carbocycles. The van der Waals surface area contributed by atoms with Gasteiger partial charge in [-0.05, 0) is 44.2 Å². The van der Waals surface area contributed by atoms with E-state index in [0.717, 1.165) is 34.0 Å². The first-order chi connectivity index (χ1) is 12.8. The lowest BCUT2D eigenvalue weighted by molar-refractivity contribution is 0.0740. The van der Waals surface area contributed by atoms with Gasteiger partial charge in [0.15, 0.2) is 5.13 Å². The van der Waals surface area contributed by atoms with Crippen LogP contribution >= 0.6 is 22.7 Å². The fourth-order valence-electron chi connectivity index (χ4n) is 2.42. The summed E-state index contributed by atoms with van der Waals surface area (Å²) in [6, 6.07) is 7.95. The Morgan fingerprint density at radius 2 is 1.85 bits per heavy atom. The maximum absolute atomic E-state index is 12.4. The SMILES string of the molecule is CCN(CC)c1nc2sc(C(=O)Oc3ccc(NS(C)(=O)=O)cc3)cc2s1. The second-order valence-corrected chi connectivity index (χ2v) is 9.53. The molecule has 0 aliphatic rings. The highest BCUT2D eigenvalue weighted by Gasteiger charge is 2.17. The van der Waals surface area contributed by atoms with Crippen LogP contribution in [-0.2, 0) is 10.0 Å². The number of hydrogen-bond donors (Lipinski definition) is 1. The molecule has 0 aliphatic heterocycles. The summed E-state index contributed by atoms with van der Waals surface area (Å²) in [5, 5.41) is 0.954. The van der Waals surface area contributed by atoms with Crippen molar-refractivity contribution < 1.29 is 17.9 Å². The summed E-state index contributed by atoms with van der Waals surface area (Å²) in [5.74, 6) is -0.119. The number of carbonyl (C=O) groups excluding carboxylic acids is 1. The van der Waals surface area contributed by atoms with Gasteiger partial charge in [0.05, 0.1) is 11.0 Å². The fraction of sp³-hybridized carbons (Fsp3) is 0.294. The maximum Gasteiger partial charge on any atom is 0.353 e. The number of benzene rings is 1. The summed E-state index contributed by atoms with van der Waals surface area (Å²) in [6.45, 7) is 5.93. The second-order valence-electron chi connectivity index (χ2n) is 5.74. The zero-order valence-corrected chi connectivity index (χ0v) is 17.5. The Labute approximate surface area is 165 Å². The molecule has 0 bridgehead atoms. The molecule has 0 fully saturated rings. The zero-order chi connectivity index (χ0) is 19.6. The van der Waals surface area contributed by atoms with E-state index in [1.54, 1.807) is 17.4 Å². The van der Waals surface area contributed by atoms with Gasteiger partial charge >= 0.3 is 5.97 Å². The summed E-state index contributed by atoms with van der Waals surface area (Å²) in [6.07, 6.45) is 1.07. The van der Waals surface area contributed by atoms with E-state index in [4.69, 9.17) is 4.74 Å². The van der Waals surface area contributed by atoms with Crippen LogP contribution in [0.3, 0.4) is 0 Å². The predicted octanol–water partition coefficient (Wildman–Crippen LogP) is 3.79. The molecular formula is C17H19N3O4S3. The molecule has 1 N–H and O–H groups in total. The maximum atomic E-state index is 12.4. The summed E-state index contributed by atoms with van der Waals surface area (Å²) in [5.41, 5.74) is 0.405. The number of anilines is 2. The molecule has 7 nitrogen and oxygen atoms in total. The number of ether oxygens (including phenoxy) is 1. The largest absolute Gasteiger partial charge is 0.422 e. The standard InChI is InChI=1S/C17H19N3O4S3/c1-4-20(5-2)17-18-15-13(26-17)10-14(25-15)16(21)24-12-8-6-11(7-9-12)19-27(3,22)23/h6-10,19H,4-5H2,1-3H3. The van der Waals surface area contributed by atoms with E-state index in [0.29, 0.717) is 16.3 Å². The first kappa shape index (κ1) is 19.6. The Morgan fingerprint density at radius 3 is 2.41 bits per heavy atom. The van der Waals surface area contributed by atoms with Gasteiger partial charge in [0, 0.05) is 18.8 Å². The number of esters is 1. The first-order valence-electron chi connectivity index (χ1n) is 8.24. The molecule has 0 saturated carbocycles. The Morgan fingerprint density at radius 1 is 1.19 bits per heavy atom. The van der Waals surface area contributed by atoms with Gasteiger partial charge in [0.1, 0.15) is 15.5 Å². The highest BCUT2D eigenvalue weighted by Crippen LogP contribution is 2.35. The molecule has 144 valence electrons. The minimum atomic E-state index is -3.34. The molecule has 10 heteroatoms. The summed E-state index contributed by atoms with van der Waals surface area (Å²) < 4.78 is 31.1. The number of nitrogens with zero attached hydrogens (tertiary/aromatic N) is 2. The van der Waals surface area contributed by atoms with Gasteiger partial charge in [-0.1, -0.05) is 11.3 Å². The third kappa shape index (κ3) is 4.76. The van der Waals surface area contributed by atoms with Gasteiger partial charge in [0.2, 0.25) is 10.0 Å². The van der Waals surface area contributed by atoms with Crippen LogP contribution in [-0.4, -0.2) is 38.7 Å². The van der Waals surface area contributed by atoms with Crippen LogP contribution in [0, 0.1) is 0 Å². The number of thiophene rings is 1. The summed E-state index contributed by atoms with van der Waals surface area (Å²) >= 11 is 2.86. The molecule has 0 atom stereocenters. The van der Waals surface area contributed by atoms with Crippen molar-refractivity contribution in [2.75, 3.05) is 29.0 Å². The molecule has 0 spiro atoms. The quantitative estimate of drug-likeness (QED) is 0.458. The van der Waals surface area contributed by atoms with Gasteiger partial charge in [-0.3, -0.25) is 4.72 Å². The van der Waals surface area contributed by atoms with Crippen molar-refractivity contribution in [2.45, 2.75) is 13.8 Å². The molecule has 0 radical (unpaired) electrons. The minimum absolute atomic E-state index is 0.340. The van der Waals surface area contributed by atoms with Crippen molar-refractivity contribution in [3.8, 4) is 5.75 Å². The number of fused-ring (bicyclic) bond motifs is 1. The molecular weight excluding hydrogens is 406 g/mol. The van der Waals surface area contributed by atoms with Crippen molar-refractivity contribution in [2.24, 2.45) is 0 Å². The number of carbonyl (C=O) groups is 1. The van der Waals surface area contributed by atoms with Crippen LogP contribution in [0.2, 0.25) is 0 Å². The second kappa shape index (κ2) is 7.83. The molecule has 3 rings (SSSR count). The van der Waals surface area contributed by atoms with E-state index >= 15 is 0 Å². The number of nitrogens with one attached hydrogen (secondary N) is 1. The lowest BCUT2D eigenvalue weighted by Crippen LogP contribution is -2.21. The highest BCUT2D eigenvalue weighted by atomic mass is 32.2. The average molecular weight is 426 g/mol. The first-order valence-corrected chi connectivity index (χ1v) is 11.8. The Kier molecular flexibility index (Phi) is 5.68. The topological polar surface area (TPSA) is 88.6 Å². The Bertz CT molecular complexity index is 1020. The zero-order valence-electron chi connectivity index (χ0n) is 15.1. The van der Waals surface area contributed by atoms with Crippen LogP contribution in [0.15, 0.2) is 30.3 Å². The van der Waals surface area contributed by atoms with E-state index < -0.39 is 16.0 Å². The fourth-order valence-corrected chi connectivity index (χ4v) is 5.20. The average Bonchev–Trinajstić information content (AvgIpc) is 3.15. The number of sulfonamides is 1. The van der Waals surface area contributed by atoms with Crippen molar-refractivity contribution in [3.05, 3.63) is 35.2 Å². The Balaban J connectivity index is 1.71. The van der Waals surface area contributed by atoms with Crippen LogP contribution < -0.4 is 14.4 Å². The van der Waals surface area contributed by atoms with E-state index in [-0.39, 0.29) is 0 Å². The van der Waals surface area contributed by atoms with Crippen LogP contribution in [0.5, 0.6) is 5.75 Å². The monoisotopic (exact) mass is 425 g/mol. The summed E-state index contributed by atoms with van der Waals surface area (Å²) in [4.78, 5) is 20.4. The minimum Gasteiger partial charge on any atom is -0.422 e. The van der Waals surface area contributed by atoms with Gasteiger partial charge in [0.25, 0.3) is 0 Å². The van der Waals surface area contributed by atoms with Crippen LogP contribution in [0.4, 0.5) is 10.8 Å². The smallest absolute Gasteiger partial charge is 0.353 e. The van der Waals surface area contributed by atoms with Gasteiger partial charge in [-0.15, -0.1) is 11.3 Å². The van der Waals surface area contributed by atoms with Gasteiger partial charge in [-0.25, -0.2) is 18.2 Å².